The van der Waals surface area contributed by atoms with Crippen LogP contribution in [0.2, 0.25) is 5.02 Å². The summed E-state index contributed by atoms with van der Waals surface area (Å²) in [6, 6.07) is 10.8. The van der Waals surface area contributed by atoms with Crippen molar-refractivity contribution in [3.63, 3.8) is 0 Å². The minimum absolute atomic E-state index is 0.266. The van der Waals surface area contributed by atoms with Crippen LogP contribution in [0.15, 0.2) is 42.5 Å². The van der Waals surface area contributed by atoms with Crippen LogP contribution in [0.1, 0.15) is 21.5 Å². The van der Waals surface area contributed by atoms with Gasteiger partial charge >= 0.3 is 0 Å². The second-order valence-electron chi connectivity index (χ2n) is 3.78. The lowest BCUT2D eigenvalue weighted by molar-refractivity contribution is 0.103. The fourth-order valence-corrected chi connectivity index (χ4v) is 1.82. The van der Waals surface area contributed by atoms with Crippen molar-refractivity contribution in [2.24, 2.45) is 0 Å². The molecule has 17 heavy (non-hydrogen) atoms. The second kappa shape index (κ2) is 4.68. The molecule has 2 aromatic rings. The normalized spacial score (nSPS) is 10.3. The molecule has 0 amide bonds. The zero-order valence-corrected chi connectivity index (χ0v) is 9.96. The quantitative estimate of drug-likeness (QED) is 0.734. The van der Waals surface area contributed by atoms with E-state index in [9.17, 15) is 9.18 Å². The van der Waals surface area contributed by atoms with Gasteiger partial charge in [-0.25, -0.2) is 4.39 Å². The van der Waals surface area contributed by atoms with Gasteiger partial charge in [-0.3, -0.25) is 4.79 Å². The summed E-state index contributed by atoms with van der Waals surface area (Å²) in [6.45, 7) is 1.82. The topological polar surface area (TPSA) is 17.1 Å². The lowest BCUT2D eigenvalue weighted by Gasteiger charge is -2.05. The van der Waals surface area contributed by atoms with E-state index in [0.717, 1.165) is 5.56 Å². The van der Waals surface area contributed by atoms with E-state index in [0.29, 0.717) is 16.1 Å². The Morgan fingerprint density at radius 2 is 1.88 bits per heavy atom. The Kier molecular flexibility index (Phi) is 3.25. The molecule has 0 saturated heterocycles. The van der Waals surface area contributed by atoms with Crippen molar-refractivity contribution in [1.82, 2.24) is 0 Å². The minimum Gasteiger partial charge on any atom is -0.289 e. The van der Waals surface area contributed by atoms with Crippen molar-refractivity contribution in [2.75, 3.05) is 0 Å². The molecule has 1 nitrogen and oxygen atoms in total. The molecule has 0 saturated carbocycles. The van der Waals surface area contributed by atoms with Gasteiger partial charge in [0.2, 0.25) is 0 Å². The average Bonchev–Trinajstić information content (AvgIpc) is 2.32. The molecule has 3 heteroatoms. The first-order chi connectivity index (χ1) is 8.09. The molecule has 2 aromatic carbocycles. The summed E-state index contributed by atoms with van der Waals surface area (Å²) in [7, 11) is 0. The number of hydrogen-bond acceptors (Lipinski definition) is 1. The highest BCUT2D eigenvalue weighted by molar-refractivity contribution is 6.35. The molecule has 0 N–H and O–H groups in total. The monoisotopic (exact) mass is 248 g/mol. The molecule has 0 unspecified atom stereocenters. The molecule has 0 bridgehead atoms. The van der Waals surface area contributed by atoms with Crippen LogP contribution in [-0.4, -0.2) is 5.78 Å². The number of ketones is 1. The average molecular weight is 249 g/mol. The Morgan fingerprint density at radius 3 is 2.59 bits per heavy atom. The summed E-state index contributed by atoms with van der Waals surface area (Å²) in [5.74, 6) is -0.696. The standard InChI is InChI=1S/C14H10ClFO/c1-9-4-2-7-12(13(9)15)14(17)10-5-3-6-11(16)8-10/h2-8H,1H3. The minimum atomic E-state index is -0.431. The first kappa shape index (κ1) is 11.8. The van der Waals surface area contributed by atoms with E-state index in [1.165, 1.54) is 18.2 Å². The Hall–Kier alpha value is -1.67. The summed E-state index contributed by atoms with van der Waals surface area (Å²) in [4.78, 5) is 12.1. The van der Waals surface area contributed by atoms with Crippen molar-refractivity contribution < 1.29 is 9.18 Å². The van der Waals surface area contributed by atoms with Gasteiger partial charge in [-0.1, -0.05) is 35.9 Å². The Morgan fingerprint density at radius 1 is 1.18 bits per heavy atom. The van der Waals surface area contributed by atoms with Crippen LogP contribution < -0.4 is 0 Å². The molecule has 0 fully saturated rings. The van der Waals surface area contributed by atoms with Crippen LogP contribution in [0.25, 0.3) is 0 Å². The first-order valence-electron chi connectivity index (χ1n) is 5.15. The smallest absolute Gasteiger partial charge is 0.194 e. The zero-order valence-electron chi connectivity index (χ0n) is 9.21. The molecule has 2 rings (SSSR count). The fraction of sp³-hybridized carbons (Fsp3) is 0.0714. The number of carbonyl (C=O) groups excluding carboxylic acids is 1. The van der Waals surface area contributed by atoms with Crippen LogP contribution in [-0.2, 0) is 0 Å². The van der Waals surface area contributed by atoms with E-state index in [1.807, 2.05) is 13.0 Å². The summed E-state index contributed by atoms with van der Waals surface area (Å²) in [5, 5.41) is 0.418. The van der Waals surface area contributed by atoms with Crippen LogP contribution in [0.5, 0.6) is 0 Å². The van der Waals surface area contributed by atoms with Gasteiger partial charge in [-0.2, -0.15) is 0 Å². The first-order valence-corrected chi connectivity index (χ1v) is 5.53. The van der Waals surface area contributed by atoms with E-state index in [-0.39, 0.29) is 5.78 Å². The molecule has 0 radical (unpaired) electrons. The van der Waals surface area contributed by atoms with Crippen LogP contribution in [0.4, 0.5) is 4.39 Å². The predicted molar refractivity (Wildman–Crippen MR) is 66.0 cm³/mol. The predicted octanol–water partition coefficient (Wildman–Crippen LogP) is 4.02. The van der Waals surface area contributed by atoms with Gasteiger partial charge < -0.3 is 0 Å². The molecule has 86 valence electrons. The van der Waals surface area contributed by atoms with Crippen LogP contribution in [0, 0.1) is 12.7 Å². The molecular formula is C14H10ClFO. The van der Waals surface area contributed by atoms with Gasteiger partial charge in [0.05, 0.1) is 5.02 Å². The highest BCUT2D eigenvalue weighted by Gasteiger charge is 2.14. The molecule has 0 aliphatic carbocycles. The Balaban J connectivity index is 2.48. The van der Waals surface area contributed by atoms with E-state index < -0.39 is 5.82 Å². The fourth-order valence-electron chi connectivity index (χ4n) is 1.61. The summed E-state index contributed by atoms with van der Waals surface area (Å²) in [6.07, 6.45) is 0. The highest BCUT2D eigenvalue weighted by Crippen LogP contribution is 2.23. The van der Waals surface area contributed by atoms with E-state index in [1.54, 1.807) is 18.2 Å². The van der Waals surface area contributed by atoms with Gasteiger partial charge in [0.1, 0.15) is 5.82 Å². The number of benzene rings is 2. The molecular weight excluding hydrogens is 239 g/mol. The maximum atomic E-state index is 13.0. The van der Waals surface area contributed by atoms with Crippen molar-refractivity contribution >= 4 is 17.4 Å². The number of hydrogen-bond donors (Lipinski definition) is 0. The van der Waals surface area contributed by atoms with Gasteiger partial charge in [-0.15, -0.1) is 0 Å². The maximum absolute atomic E-state index is 13.0. The summed E-state index contributed by atoms with van der Waals surface area (Å²) < 4.78 is 13.0. The van der Waals surface area contributed by atoms with Crippen LogP contribution in [0.3, 0.4) is 0 Å². The SMILES string of the molecule is Cc1cccc(C(=O)c2cccc(F)c2)c1Cl. The third-order valence-electron chi connectivity index (χ3n) is 2.52. The van der Waals surface area contributed by atoms with Gasteiger partial charge in [0.15, 0.2) is 5.78 Å². The lowest BCUT2D eigenvalue weighted by atomic mass is 10.0. The van der Waals surface area contributed by atoms with Gasteiger partial charge in [0, 0.05) is 11.1 Å². The maximum Gasteiger partial charge on any atom is 0.194 e. The zero-order chi connectivity index (χ0) is 12.4. The number of halogens is 2. The third-order valence-corrected chi connectivity index (χ3v) is 3.02. The Labute approximate surface area is 104 Å². The van der Waals surface area contributed by atoms with E-state index >= 15 is 0 Å². The van der Waals surface area contributed by atoms with Crippen molar-refractivity contribution in [2.45, 2.75) is 6.92 Å². The van der Waals surface area contributed by atoms with Crippen molar-refractivity contribution in [1.29, 1.82) is 0 Å². The van der Waals surface area contributed by atoms with Crippen LogP contribution >= 0.6 is 11.6 Å². The van der Waals surface area contributed by atoms with E-state index in [4.69, 9.17) is 11.6 Å². The molecule has 0 heterocycles. The Bertz CT molecular complexity index is 578. The highest BCUT2D eigenvalue weighted by atomic mass is 35.5. The molecule has 0 aliphatic heterocycles. The van der Waals surface area contributed by atoms with E-state index in [2.05, 4.69) is 0 Å². The van der Waals surface area contributed by atoms with Gasteiger partial charge in [0.25, 0.3) is 0 Å². The van der Waals surface area contributed by atoms with Gasteiger partial charge in [-0.05, 0) is 30.7 Å². The lowest BCUT2D eigenvalue weighted by Crippen LogP contribution is -2.03. The van der Waals surface area contributed by atoms with Crippen molar-refractivity contribution in [3.05, 3.63) is 70.0 Å². The molecule has 0 spiro atoms. The number of carbonyl (C=O) groups is 1. The summed E-state index contributed by atoms with van der Waals surface area (Å²) in [5.41, 5.74) is 1.53. The molecule has 0 aliphatic rings. The molecule has 0 aromatic heterocycles. The molecule has 0 atom stereocenters. The number of aryl methyl sites for hydroxylation is 1. The number of rotatable bonds is 2. The van der Waals surface area contributed by atoms with Crippen molar-refractivity contribution in [3.8, 4) is 0 Å². The third kappa shape index (κ3) is 2.37. The second-order valence-corrected chi connectivity index (χ2v) is 4.15. The largest absolute Gasteiger partial charge is 0.289 e. The summed E-state index contributed by atoms with van der Waals surface area (Å²) >= 11 is 6.06.